The summed E-state index contributed by atoms with van der Waals surface area (Å²) < 4.78 is 12.1. The van der Waals surface area contributed by atoms with Crippen LogP contribution in [0.15, 0.2) is 59.7 Å². The first kappa shape index (κ1) is 24.4. The zero-order valence-electron chi connectivity index (χ0n) is 21.1. The van der Waals surface area contributed by atoms with Crippen LogP contribution >= 0.6 is 0 Å². The van der Waals surface area contributed by atoms with Gasteiger partial charge in [-0.3, -0.25) is 4.79 Å². The highest BCUT2D eigenvalue weighted by Crippen LogP contribution is 2.39. The number of fused-ring (bicyclic) bond motifs is 1. The third kappa shape index (κ3) is 4.75. The Labute approximate surface area is 214 Å². The molecule has 3 heterocycles. The van der Waals surface area contributed by atoms with Crippen molar-refractivity contribution in [1.82, 2.24) is 19.3 Å². The molecule has 1 fully saturated rings. The van der Waals surface area contributed by atoms with Gasteiger partial charge in [0, 0.05) is 43.6 Å². The summed E-state index contributed by atoms with van der Waals surface area (Å²) in [6.07, 6.45) is 1.39. The highest BCUT2D eigenvalue weighted by Gasteiger charge is 2.22. The van der Waals surface area contributed by atoms with Crippen molar-refractivity contribution in [2.45, 2.75) is 6.92 Å². The number of likely N-dealkylation sites (N-methyl/N-ethyl adjacent to an activating group) is 1. The minimum atomic E-state index is -0.489. The van der Waals surface area contributed by atoms with Crippen LogP contribution in [0, 0.1) is 0 Å². The molecule has 0 saturated carbocycles. The number of benzene rings is 2. The number of hydrogen-bond acceptors (Lipinski definition) is 9. The highest BCUT2D eigenvalue weighted by atomic mass is 16.5. The Bertz CT molecular complexity index is 1440. The summed E-state index contributed by atoms with van der Waals surface area (Å²) in [6, 6.07) is 14.9. The number of aromatic nitrogens is 3. The van der Waals surface area contributed by atoms with Crippen molar-refractivity contribution in [2.75, 3.05) is 57.2 Å². The van der Waals surface area contributed by atoms with Gasteiger partial charge in [-0.05, 0) is 42.9 Å². The lowest BCUT2D eigenvalue weighted by Gasteiger charge is -2.35. The lowest BCUT2D eigenvalue weighted by molar-refractivity contribution is 0.271. The van der Waals surface area contributed by atoms with Gasteiger partial charge in [-0.1, -0.05) is 13.0 Å². The van der Waals surface area contributed by atoms with E-state index in [1.165, 1.54) is 30.6 Å². The molecule has 0 unspecified atom stereocenters. The minimum absolute atomic E-state index is 0.0235. The number of ether oxygens (including phenoxy) is 2. The fourth-order valence-electron chi connectivity index (χ4n) is 4.64. The summed E-state index contributed by atoms with van der Waals surface area (Å²) in [4.78, 5) is 26.9. The van der Waals surface area contributed by atoms with Crippen molar-refractivity contribution in [1.29, 1.82) is 0 Å². The topological polar surface area (TPSA) is 104 Å². The van der Waals surface area contributed by atoms with Gasteiger partial charge in [0.2, 0.25) is 5.88 Å². The number of rotatable bonds is 7. The van der Waals surface area contributed by atoms with Gasteiger partial charge in [0.25, 0.3) is 5.56 Å². The molecule has 0 spiro atoms. The van der Waals surface area contributed by atoms with E-state index in [1.54, 1.807) is 24.3 Å². The van der Waals surface area contributed by atoms with Crippen LogP contribution in [0.25, 0.3) is 16.8 Å². The van der Waals surface area contributed by atoms with E-state index in [4.69, 9.17) is 9.47 Å². The number of anilines is 3. The summed E-state index contributed by atoms with van der Waals surface area (Å²) in [7, 11) is 2.97. The number of methoxy groups -OCH3 is 2. The van der Waals surface area contributed by atoms with Crippen LogP contribution in [-0.4, -0.2) is 71.3 Å². The van der Waals surface area contributed by atoms with Crippen molar-refractivity contribution in [3.8, 4) is 28.5 Å². The fourth-order valence-corrected chi connectivity index (χ4v) is 4.64. The Morgan fingerprint density at radius 1 is 0.973 bits per heavy atom. The number of nitrogens with zero attached hydrogens (tertiary/aromatic N) is 5. The maximum Gasteiger partial charge on any atom is 0.271 e. The molecule has 0 radical (unpaired) electrons. The first-order valence-electron chi connectivity index (χ1n) is 12.2. The molecular weight excluding hydrogens is 472 g/mol. The fraction of sp³-hybridized carbons (Fsp3) is 0.296. The third-order valence-corrected chi connectivity index (χ3v) is 6.70. The van der Waals surface area contributed by atoms with Crippen LogP contribution in [0.2, 0.25) is 0 Å². The Morgan fingerprint density at radius 3 is 2.27 bits per heavy atom. The molecule has 0 atom stereocenters. The Hall–Kier alpha value is -4.31. The van der Waals surface area contributed by atoms with Gasteiger partial charge < -0.3 is 29.7 Å². The van der Waals surface area contributed by atoms with E-state index >= 15 is 0 Å². The zero-order chi connectivity index (χ0) is 25.9. The first-order valence-corrected chi connectivity index (χ1v) is 12.2. The maximum atomic E-state index is 13.4. The Kier molecular flexibility index (Phi) is 6.82. The maximum absolute atomic E-state index is 13.4. The molecule has 4 aromatic rings. The second-order valence-electron chi connectivity index (χ2n) is 8.75. The van der Waals surface area contributed by atoms with Crippen LogP contribution < -0.4 is 25.2 Å². The smallest absolute Gasteiger partial charge is 0.271 e. The Balaban J connectivity index is 1.41. The first-order chi connectivity index (χ1) is 18.0. The monoisotopic (exact) mass is 502 g/mol. The molecule has 5 rings (SSSR count). The van der Waals surface area contributed by atoms with E-state index in [-0.39, 0.29) is 11.2 Å². The zero-order valence-corrected chi connectivity index (χ0v) is 21.1. The van der Waals surface area contributed by atoms with Gasteiger partial charge in [0.1, 0.15) is 34.9 Å². The molecule has 37 heavy (non-hydrogen) atoms. The van der Waals surface area contributed by atoms with Gasteiger partial charge in [0.15, 0.2) is 0 Å². The van der Waals surface area contributed by atoms with Crippen molar-refractivity contribution < 1.29 is 14.6 Å². The summed E-state index contributed by atoms with van der Waals surface area (Å²) in [5.41, 5.74) is 2.11. The van der Waals surface area contributed by atoms with Crippen LogP contribution in [0.5, 0.6) is 17.4 Å². The van der Waals surface area contributed by atoms with Gasteiger partial charge in [-0.2, -0.15) is 4.98 Å². The third-order valence-electron chi connectivity index (χ3n) is 6.70. The second-order valence-corrected chi connectivity index (χ2v) is 8.75. The predicted molar refractivity (Wildman–Crippen MR) is 144 cm³/mol. The largest absolute Gasteiger partial charge is 0.496 e. The summed E-state index contributed by atoms with van der Waals surface area (Å²) in [5.74, 6) is 0.849. The average molecular weight is 503 g/mol. The number of aromatic hydroxyl groups is 1. The standard InChI is InChI=1S/C27H30N6O4/c1-4-31-12-14-32(15-13-31)19-10-8-18(9-11-19)29-22-16-23-30-26(34)25(27(35)33(23)17-28-22)24-20(36-2)6-5-7-21(24)37-3/h5-11,16-17,29,34H,4,12-15H2,1-3H3. The normalized spacial score (nSPS) is 14.1. The minimum Gasteiger partial charge on any atom is -0.496 e. The van der Waals surface area contributed by atoms with E-state index in [1.807, 2.05) is 12.1 Å². The molecule has 1 aliphatic rings. The molecule has 1 saturated heterocycles. The summed E-state index contributed by atoms with van der Waals surface area (Å²) >= 11 is 0. The molecule has 0 aliphatic carbocycles. The molecule has 2 N–H and O–H groups in total. The van der Waals surface area contributed by atoms with Crippen molar-refractivity contribution in [2.24, 2.45) is 0 Å². The lowest BCUT2D eigenvalue weighted by atomic mass is 10.1. The molecule has 1 aliphatic heterocycles. The van der Waals surface area contributed by atoms with Crippen LogP contribution in [0.1, 0.15) is 6.92 Å². The van der Waals surface area contributed by atoms with E-state index in [9.17, 15) is 9.90 Å². The van der Waals surface area contributed by atoms with Gasteiger partial charge in [0.05, 0.1) is 19.8 Å². The Morgan fingerprint density at radius 2 is 1.65 bits per heavy atom. The van der Waals surface area contributed by atoms with Crippen LogP contribution in [-0.2, 0) is 0 Å². The van der Waals surface area contributed by atoms with E-state index < -0.39 is 11.4 Å². The average Bonchev–Trinajstić information content (AvgIpc) is 2.93. The predicted octanol–water partition coefficient (Wildman–Crippen LogP) is 3.36. The molecule has 0 bridgehead atoms. The van der Waals surface area contributed by atoms with Gasteiger partial charge >= 0.3 is 0 Å². The van der Waals surface area contributed by atoms with Crippen molar-refractivity contribution in [3.05, 3.63) is 65.2 Å². The summed E-state index contributed by atoms with van der Waals surface area (Å²) in [5, 5.41) is 14.0. The second kappa shape index (κ2) is 10.4. The number of nitrogens with one attached hydrogen (secondary N) is 1. The molecule has 10 nitrogen and oxygen atoms in total. The van der Waals surface area contributed by atoms with E-state index in [0.29, 0.717) is 22.9 Å². The highest BCUT2D eigenvalue weighted by molar-refractivity contribution is 5.80. The SMILES string of the molecule is CCN1CCN(c2ccc(Nc3cc4nc(O)c(-c5c(OC)cccc5OC)c(=O)n4cn3)cc2)CC1. The lowest BCUT2D eigenvalue weighted by Crippen LogP contribution is -2.46. The number of hydrogen-bond donors (Lipinski definition) is 2. The molecule has 10 heteroatoms. The summed E-state index contributed by atoms with van der Waals surface area (Å²) in [6.45, 7) is 7.45. The van der Waals surface area contributed by atoms with Gasteiger partial charge in [-0.15, -0.1) is 0 Å². The van der Waals surface area contributed by atoms with Crippen molar-refractivity contribution in [3.63, 3.8) is 0 Å². The quantitative estimate of drug-likeness (QED) is 0.394. The molecule has 2 aromatic carbocycles. The molecule has 2 aromatic heterocycles. The molecular formula is C27H30N6O4. The van der Waals surface area contributed by atoms with E-state index in [2.05, 4.69) is 44.1 Å². The van der Waals surface area contributed by atoms with Gasteiger partial charge in [-0.25, -0.2) is 9.38 Å². The number of piperazine rings is 1. The van der Waals surface area contributed by atoms with Crippen LogP contribution in [0.3, 0.4) is 0 Å². The molecule has 192 valence electrons. The molecule has 0 amide bonds. The van der Waals surface area contributed by atoms with Crippen LogP contribution in [0.4, 0.5) is 17.2 Å². The van der Waals surface area contributed by atoms with Crippen molar-refractivity contribution >= 4 is 22.8 Å². The van der Waals surface area contributed by atoms with E-state index in [0.717, 1.165) is 38.4 Å².